The molecule has 0 aromatic heterocycles. The van der Waals surface area contributed by atoms with Gasteiger partial charge in [0.1, 0.15) is 6.04 Å². The fraction of sp³-hybridized carbons (Fsp3) is 0.500. The molecule has 0 spiro atoms. The van der Waals surface area contributed by atoms with Crippen molar-refractivity contribution in [3.05, 3.63) is 35.9 Å². The first-order valence-electron chi connectivity index (χ1n) is 9.59. The molecule has 10 nitrogen and oxygen atoms in total. The molecule has 1 rings (SSSR count). The molecule has 3 atom stereocenters. The largest absolute Gasteiger partial charge is 0.478 e. The van der Waals surface area contributed by atoms with Crippen LogP contribution in [0.5, 0.6) is 0 Å². The van der Waals surface area contributed by atoms with Crippen molar-refractivity contribution in [3.8, 4) is 0 Å². The van der Waals surface area contributed by atoms with Crippen LogP contribution >= 0.6 is 0 Å². The van der Waals surface area contributed by atoms with Crippen LogP contribution in [0.4, 0.5) is 0 Å². The first-order valence-corrected chi connectivity index (χ1v) is 9.59. The molecule has 10 heteroatoms. The van der Waals surface area contributed by atoms with Crippen LogP contribution in [0.3, 0.4) is 0 Å². The highest BCUT2D eigenvalue weighted by atomic mass is 16.4. The second-order valence-corrected chi connectivity index (χ2v) is 7.55. The number of nitrogens with two attached hydrogens (primary N) is 3. The third-order valence-corrected chi connectivity index (χ3v) is 4.61. The molecule has 0 saturated heterocycles. The molecule has 8 N–H and O–H groups in total. The van der Waals surface area contributed by atoms with Gasteiger partial charge in [0.15, 0.2) is 0 Å². The summed E-state index contributed by atoms with van der Waals surface area (Å²) in [6.45, 7) is 3.55. The molecule has 0 radical (unpaired) electrons. The van der Waals surface area contributed by atoms with Gasteiger partial charge in [-0.1, -0.05) is 44.2 Å². The molecule has 1 unspecified atom stereocenters. The van der Waals surface area contributed by atoms with Gasteiger partial charge in [0.05, 0.1) is 6.04 Å². The number of primary amides is 1. The monoisotopic (exact) mass is 422 g/mol. The van der Waals surface area contributed by atoms with E-state index in [2.05, 4.69) is 0 Å². The van der Waals surface area contributed by atoms with Crippen molar-refractivity contribution in [2.24, 2.45) is 23.1 Å². The number of carbonyl (C=O) groups is 4. The molecule has 0 bridgehead atoms. The van der Waals surface area contributed by atoms with E-state index < -0.39 is 41.5 Å². The smallest absolute Gasteiger partial charge is 0.360 e. The first-order chi connectivity index (χ1) is 13.9. The van der Waals surface area contributed by atoms with Crippen LogP contribution in [-0.4, -0.2) is 56.6 Å². The number of aliphatic hydroxyl groups is 1. The summed E-state index contributed by atoms with van der Waals surface area (Å²) in [6.07, 6.45) is 0.567. The van der Waals surface area contributed by atoms with Gasteiger partial charge in [-0.05, 0) is 30.7 Å². The third-order valence-electron chi connectivity index (χ3n) is 4.61. The predicted octanol–water partition coefficient (Wildman–Crippen LogP) is -0.676. The van der Waals surface area contributed by atoms with Crippen molar-refractivity contribution in [2.75, 3.05) is 0 Å². The van der Waals surface area contributed by atoms with Gasteiger partial charge in [0.25, 0.3) is 5.72 Å². The third kappa shape index (κ3) is 6.09. The highest BCUT2D eigenvalue weighted by molar-refractivity contribution is 6.04. The summed E-state index contributed by atoms with van der Waals surface area (Å²) < 4.78 is 0. The molecular formula is C20H30N4O6. The second kappa shape index (κ2) is 10.8. The molecule has 166 valence electrons. The van der Waals surface area contributed by atoms with Crippen LogP contribution < -0.4 is 17.2 Å². The van der Waals surface area contributed by atoms with E-state index in [0.29, 0.717) is 6.42 Å². The Balaban J connectivity index is 3.20. The molecule has 1 aromatic carbocycles. The number of carboxylic acids is 1. The number of rotatable bonds is 11. The van der Waals surface area contributed by atoms with Crippen LogP contribution in [0.1, 0.15) is 38.7 Å². The summed E-state index contributed by atoms with van der Waals surface area (Å²) in [4.78, 5) is 49.2. The average Bonchev–Trinajstić information content (AvgIpc) is 2.67. The number of amides is 3. The first kappa shape index (κ1) is 25.2. The van der Waals surface area contributed by atoms with E-state index in [1.165, 1.54) is 0 Å². The van der Waals surface area contributed by atoms with E-state index in [0.717, 1.165) is 5.56 Å². The highest BCUT2D eigenvalue weighted by Crippen LogP contribution is 2.22. The van der Waals surface area contributed by atoms with Gasteiger partial charge in [-0.2, -0.15) is 0 Å². The van der Waals surface area contributed by atoms with E-state index in [9.17, 15) is 29.4 Å². The van der Waals surface area contributed by atoms with Gasteiger partial charge in [0, 0.05) is 6.42 Å². The van der Waals surface area contributed by atoms with Crippen LogP contribution in [0.15, 0.2) is 30.3 Å². The van der Waals surface area contributed by atoms with Crippen LogP contribution in [0.25, 0.3) is 0 Å². The number of aliphatic carboxylic acids is 1. The lowest BCUT2D eigenvalue weighted by atomic mass is 9.97. The lowest BCUT2D eigenvalue weighted by Gasteiger charge is -2.38. The van der Waals surface area contributed by atoms with E-state index in [1.54, 1.807) is 13.8 Å². The molecule has 30 heavy (non-hydrogen) atoms. The Morgan fingerprint density at radius 2 is 1.67 bits per heavy atom. The number of hydrogen-bond donors (Lipinski definition) is 5. The minimum atomic E-state index is -3.36. The second-order valence-electron chi connectivity index (χ2n) is 7.55. The Morgan fingerprint density at radius 1 is 1.10 bits per heavy atom. The zero-order valence-electron chi connectivity index (χ0n) is 17.2. The molecule has 0 aliphatic carbocycles. The predicted molar refractivity (Wildman–Crippen MR) is 108 cm³/mol. The Bertz CT molecular complexity index is 770. The maximum Gasteiger partial charge on any atom is 0.360 e. The molecule has 3 amide bonds. The lowest BCUT2D eigenvalue weighted by molar-refractivity contribution is -0.198. The Labute approximate surface area is 175 Å². The minimum Gasteiger partial charge on any atom is -0.478 e. The number of nitrogens with zero attached hydrogens (tertiary/aromatic N) is 1. The number of hydrogen-bond acceptors (Lipinski definition) is 7. The van der Waals surface area contributed by atoms with E-state index >= 15 is 0 Å². The summed E-state index contributed by atoms with van der Waals surface area (Å²) in [6, 6.07) is 5.66. The highest BCUT2D eigenvalue weighted by Gasteiger charge is 2.56. The summed E-state index contributed by atoms with van der Waals surface area (Å²) >= 11 is 0. The van der Waals surface area contributed by atoms with E-state index in [-0.39, 0.29) is 30.1 Å². The van der Waals surface area contributed by atoms with Crippen LogP contribution in [0.2, 0.25) is 0 Å². The maximum absolute atomic E-state index is 12.9. The van der Waals surface area contributed by atoms with Gasteiger partial charge >= 0.3 is 5.97 Å². The quantitative estimate of drug-likeness (QED) is 0.290. The molecule has 0 fully saturated rings. The Morgan fingerprint density at radius 3 is 2.13 bits per heavy atom. The van der Waals surface area contributed by atoms with Gasteiger partial charge in [-0.15, -0.1) is 0 Å². The van der Waals surface area contributed by atoms with E-state index in [4.69, 9.17) is 17.2 Å². The van der Waals surface area contributed by atoms with Crippen molar-refractivity contribution in [1.29, 1.82) is 0 Å². The summed E-state index contributed by atoms with van der Waals surface area (Å²) in [7, 11) is 0. The topological polar surface area (TPSA) is 190 Å². The number of carboxylic acid groups (broad SMARTS) is 1. The fourth-order valence-electron chi connectivity index (χ4n) is 3.02. The molecule has 1 aromatic rings. The average molecular weight is 422 g/mol. The SMILES string of the molecule is CC(C)CC(N)C(=O)N(C(=O)CCCc1ccccc1)[C@@](O)(C(=O)O)[C@@H](N)C(N)=O. The van der Waals surface area contributed by atoms with Crippen molar-refractivity contribution < 1.29 is 29.4 Å². The number of imide groups is 1. The number of benzene rings is 1. The summed E-state index contributed by atoms with van der Waals surface area (Å²) in [5, 5.41) is 20.3. The van der Waals surface area contributed by atoms with E-state index in [1.807, 2.05) is 30.3 Å². The van der Waals surface area contributed by atoms with Crippen LogP contribution in [0, 0.1) is 5.92 Å². The maximum atomic E-state index is 12.9. The van der Waals surface area contributed by atoms with Crippen molar-refractivity contribution in [2.45, 2.75) is 57.3 Å². The van der Waals surface area contributed by atoms with Crippen molar-refractivity contribution >= 4 is 23.7 Å². The number of aryl methyl sites for hydroxylation is 1. The summed E-state index contributed by atoms with van der Waals surface area (Å²) in [5.74, 6) is -5.67. The van der Waals surface area contributed by atoms with Gasteiger partial charge in [-0.3, -0.25) is 14.4 Å². The lowest BCUT2D eigenvalue weighted by Crippen LogP contribution is -2.72. The summed E-state index contributed by atoms with van der Waals surface area (Å²) in [5.41, 5.74) is 14.0. The van der Waals surface area contributed by atoms with Crippen molar-refractivity contribution in [3.63, 3.8) is 0 Å². The minimum absolute atomic E-state index is 0.0540. The normalized spacial score (nSPS) is 15.1. The molecular weight excluding hydrogens is 392 g/mol. The molecule has 0 heterocycles. The van der Waals surface area contributed by atoms with Gasteiger partial charge < -0.3 is 27.4 Å². The van der Waals surface area contributed by atoms with Crippen LogP contribution in [-0.2, 0) is 25.6 Å². The Hall–Kier alpha value is -2.82. The standard InChI is InChI=1S/C20H30N4O6/c1-12(2)11-14(21)18(27)24(20(30,19(28)29)16(22)17(23)26)15(25)10-6-9-13-7-4-3-5-8-13/h3-5,7-8,12,14,16,30H,6,9-11,21-22H2,1-2H3,(H2,23,26)(H,28,29)/t14?,16-,20-/m0/s1. The molecule has 0 saturated carbocycles. The number of carbonyl (C=O) groups excluding carboxylic acids is 3. The van der Waals surface area contributed by atoms with Crippen molar-refractivity contribution in [1.82, 2.24) is 4.90 Å². The zero-order chi connectivity index (χ0) is 23.1. The Kier molecular flexibility index (Phi) is 9.09. The van der Waals surface area contributed by atoms with Gasteiger partial charge in [-0.25, -0.2) is 9.69 Å². The molecule has 0 aliphatic rings. The van der Waals surface area contributed by atoms with Gasteiger partial charge in [0.2, 0.25) is 17.7 Å². The molecule has 0 aliphatic heterocycles. The zero-order valence-corrected chi connectivity index (χ0v) is 17.2. The fourth-order valence-corrected chi connectivity index (χ4v) is 3.02.